The zero-order valence-electron chi connectivity index (χ0n) is 28.7. The third-order valence-corrected chi connectivity index (χ3v) is 11.1. The zero-order valence-corrected chi connectivity index (χ0v) is 30.4. The minimum atomic E-state index is -4.55. The molecule has 55 heavy (non-hydrogen) atoms. The number of hydrogen-bond acceptors (Lipinski definition) is 8. The van der Waals surface area contributed by atoms with Gasteiger partial charge in [0, 0.05) is 33.4 Å². The Morgan fingerprint density at radius 2 is 0.636 bits per heavy atom. The van der Waals surface area contributed by atoms with E-state index in [1.165, 1.54) is 48.5 Å². The van der Waals surface area contributed by atoms with Crippen LogP contribution in [-0.2, 0) is 25.7 Å². The molecule has 0 saturated heterocycles. The van der Waals surface area contributed by atoms with Gasteiger partial charge >= 0.3 is 12.1 Å². The molecule has 6 rings (SSSR count). The van der Waals surface area contributed by atoms with Crippen molar-refractivity contribution in [2.75, 3.05) is 0 Å². The first-order valence-corrected chi connectivity index (χ1v) is 19.6. The minimum absolute atomic E-state index is 0.226. The maximum atomic E-state index is 13.7. The highest BCUT2D eigenvalue weighted by Gasteiger charge is 2.39. The number of nitrogens with one attached hydrogen (secondary N) is 4. The Balaban J connectivity index is 1.25. The first-order valence-electron chi connectivity index (χ1n) is 16.6. The summed E-state index contributed by atoms with van der Waals surface area (Å²) >= 11 is 0. The highest BCUT2D eigenvalue weighted by Crippen LogP contribution is 2.28. The number of hydrogen-bond donors (Lipinski definition) is 4. The van der Waals surface area contributed by atoms with Gasteiger partial charge in [-0.3, -0.25) is 9.59 Å². The van der Waals surface area contributed by atoms with Crippen molar-refractivity contribution in [1.29, 1.82) is 0 Å². The number of carbonyl (C=O) groups is 4. The normalized spacial score (nSPS) is 11.5. The van der Waals surface area contributed by atoms with Gasteiger partial charge in [-0.05, 0) is 48.5 Å². The lowest BCUT2D eigenvalue weighted by atomic mass is 9.91. The van der Waals surface area contributed by atoms with Crippen LogP contribution in [0.5, 0.6) is 0 Å². The number of sulfonamides is 2. The molecule has 0 aliphatic carbocycles. The molecular formula is C41H32N4O8S2. The molecule has 0 unspecified atom stereocenters. The Hall–Kier alpha value is -6.90. The molecule has 0 saturated carbocycles. The number of ketones is 2. The van der Waals surface area contributed by atoms with Crippen LogP contribution in [0.3, 0.4) is 0 Å². The molecule has 6 aromatic rings. The molecule has 0 spiro atoms. The van der Waals surface area contributed by atoms with Crippen LogP contribution in [0.15, 0.2) is 180 Å². The molecule has 0 bridgehead atoms. The minimum Gasteiger partial charge on any atom is -0.306 e. The second-order valence-corrected chi connectivity index (χ2v) is 15.4. The lowest BCUT2D eigenvalue weighted by molar-refractivity contribution is 0.103. The third-order valence-electron chi connectivity index (χ3n) is 8.40. The number of benzene rings is 6. The molecule has 0 aliphatic rings. The van der Waals surface area contributed by atoms with Crippen LogP contribution >= 0.6 is 0 Å². The molecule has 0 atom stereocenters. The average molecular weight is 773 g/mol. The van der Waals surface area contributed by atoms with Gasteiger partial charge in [0.25, 0.3) is 20.0 Å². The fourth-order valence-electron chi connectivity index (χ4n) is 5.70. The molecule has 0 aliphatic heterocycles. The smallest absolute Gasteiger partial charge is 0.306 e. The highest BCUT2D eigenvalue weighted by atomic mass is 32.2. The maximum absolute atomic E-state index is 13.7. The van der Waals surface area contributed by atoms with Crippen molar-refractivity contribution in [1.82, 2.24) is 20.1 Å². The lowest BCUT2D eigenvalue weighted by Crippen LogP contribution is -2.63. The van der Waals surface area contributed by atoms with Crippen molar-refractivity contribution in [3.05, 3.63) is 203 Å². The summed E-state index contributed by atoms with van der Waals surface area (Å²) in [4.78, 5) is 52.3. The van der Waals surface area contributed by atoms with Crippen molar-refractivity contribution < 1.29 is 36.0 Å². The standard InChI is InChI=1S/C41H32N4O8S2/c46-37(29-13-5-1-6-14-29)31-21-25-35(26-22-31)54(50,51)44-39(48)42-41(33-17-9-3-10-18-33,34-19-11-4-12-20-34)43-40(49)45-55(52,53)36-27-23-32(24-28-36)38(47)30-15-7-2-8-16-30/h1-28H,(H2,42,44,48)(H2,43,45,49). The van der Waals surface area contributed by atoms with Crippen LogP contribution in [0, 0.1) is 0 Å². The van der Waals surface area contributed by atoms with E-state index in [-0.39, 0.29) is 43.6 Å². The first kappa shape index (κ1) is 37.8. The van der Waals surface area contributed by atoms with Crippen LogP contribution < -0.4 is 20.1 Å². The van der Waals surface area contributed by atoms with Crippen LogP contribution in [0.4, 0.5) is 9.59 Å². The first-order chi connectivity index (χ1) is 26.4. The molecule has 0 radical (unpaired) electrons. The molecule has 12 nitrogen and oxygen atoms in total. The maximum Gasteiger partial charge on any atom is 0.331 e. The summed E-state index contributed by atoms with van der Waals surface area (Å²) < 4.78 is 57.5. The number of amides is 4. The van der Waals surface area contributed by atoms with E-state index in [2.05, 4.69) is 10.6 Å². The van der Waals surface area contributed by atoms with Gasteiger partial charge in [0.2, 0.25) is 0 Å². The summed E-state index contributed by atoms with van der Waals surface area (Å²) in [5, 5.41) is 5.09. The van der Waals surface area contributed by atoms with E-state index in [0.29, 0.717) is 11.1 Å². The number of urea groups is 2. The summed E-state index contributed by atoms with van der Waals surface area (Å²) in [6.45, 7) is 0. The Morgan fingerprint density at radius 1 is 0.364 bits per heavy atom. The van der Waals surface area contributed by atoms with E-state index in [9.17, 15) is 36.0 Å². The molecule has 4 N–H and O–H groups in total. The molecular weight excluding hydrogens is 741 g/mol. The van der Waals surface area contributed by atoms with E-state index in [4.69, 9.17) is 0 Å². The molecule has 276 valence electrons. The van der Waals surface area contributed by atoms with Gasteiger partial charge < -0.3 is 10.6 Å². The van der Waals surface area contributed by atoms with Crippen molar-refractivity contribution >= 4 is 43.7 Å². The Kier molecular flexibility index (Phi) is 11.0. The summed E-state index contributed by atoms with van der Waals surface area (Å²) in [6, 6.07) is 40.2. The number of rotatable bonds is 12. The van der Waals surface area contributed by atoms with Gasteiger partial charge in [0.1, 0.15) is 0 Å². The van der Waals surface area contributed by atoms with Crippen LogP contribution in [0.1, 0.15) is 43.0 Å². The molecule has 4 amide bonds. The molecule has 0 aromatic heterocycles. The molecule has 14 heteroatoms. The van der Waals surface area contributed by atoms with Gasteiger partial charge in [0.05, 0.1) is 9.79 Å². The predicted molar refractivity (Wildman–Crippen MR) is 204 cm³/mol. The van der Waals surface area contributed by atoms with Crippen molar-refractivity contribution in [3.8, 4) is 0 Å². The summed E-state index contributed by atoms with van der Waals surface area (Å²) in [7, 11) is -9.09. The van der Waals surface area contributed by atoms with Gasteiger partial charge in [-0.1, -0.05) is 121 Å². The second kappa shape index (κ2) is 16.0. The van der Waals surface area contributed by atoms with Crippen LogP contribution in [-0.4, -0.2) is 40.5 Å². The van der Waals surface area contributed by atoms with Crippen LogP contribution in [0.25, 0.3) is 0 Å². The Labute approximate surface area is 317 Å². The second-order valence-electron chi connectivity index (χ2n) is 12.0. The fourth-order valence-corrected chi connectivity index (χ4v) is 7.51. The summed E-state index contributed by atoms with van der Waals surface area (Å²) in [5.41, 5.74) is -0.313. The van der Waals surface area contributed by atoms with Crippen molar-refractivity contribution in [2.24, 2.45) is 0 Å². The lowest BCUT2D eigenvalue weighted by Gasteiger charge is -2.36. The Morgan fingerprint density at radius 3 is 0.945 bits per heavy atom. The van der Waals surface area contributed by atoms with E-state index >= 15 is 0 Å². The Bertz CT molecular complexity index is 2370. The SMILES string of the molecule is O=C(NC(NC(=O)NS(=O)(=O)c1ccc(C(=O)c2ccccc2)cc1)(c1ccccc1)c1ccccc1)NS(=O)(=O)c1ccc(C(=O)c2ccccc2)cc1. The zero-order chi connectivity index (χ0) is 39.1. The van der Waals surface area contributed by atoms with E-state index in [0.717, 1.165) is 0 Å². The molecule has 0 heterocycles. The largest absolute Gasteiger partial charge is 0.331 e. The van der Waals surface area contributed by atoms with Gasteiger partial charge in [-0.25, -0.2) is 35.9 Å². The monoisotopic (exact) mass is 772 g/mol. The third kappa shape index (κ3) is 8.67. The van der Waals surface area contributed by atoms with E-state index in [1.807, 2.05) is 9.44 Å². The summed E-state index contributed by atoms with van der Waals surface area (Å²) in [6.07, 6.45) is 0. The number of carbonyl (C=O) groups excluding carboxylic acids is 4. The van der Waals surface area contributed by atoms with Crippen LogP contribution in [0.2, 0.25) is 0 Å². The van der Waals surface area contributed by atoms with Crippen molar-refractivity contribution in [3.63, 3.8) is 0 Å². The van der Waals surface area contributed by atoms with E-state index < -0.39 is 37.8 Å². The fraction of sp³-hybridized carbons (Fsp3) is 0.0244. The van der Waals surface area contributed by atoms with Gasteiger partial charge in [0.15, 0.2) is 17.2 Å². The molecule has 6 aromatic carbocycles. The van der Waals surface area contributed by atoms with Gasteiger partial charge in [-0.15, -0.1) is 0 Å². The predicted octanol–water partition coefficient (Wildman–Crippen LogP) is 5.73. The van der Waals surface area contributed by atoms with Gasteiger partial charge in [-0.2, -0.15) is 0 Å². The van der Waals surface area contributed by atoms with Crippen molar-refractivity contribution in [2.45, 2.75) is 15.5 Å². The average Bonchev–Trinajstić information content (AvgIpc) is 3.21. The molecule has 0 fully saturated rings. The highest BCUT2D eigenvalue weighted by molar-refractivity contribution is 7.90. The van der Waals surface area contributed by atoms with E-state index in [1.54, 1.807) is 121 Å². The quantitative estimate of drug-likeness (QED) is 0.0899. The topological polar surface area (TPSA) is 185 Å². The summed E-state index contributed by atoms with van der Waals surface area (Å²) in [5.74, 6) is -0.653.